The maximum absolute atomic E-state index is 10.4. The Morgan fingerprint density at radius 1 is 1.62 bits per heavy atom. The van der Waals surface area contributed by atoms with Crippen LogP contribution >= 0.6 is 0 Å². The number of nitrogens with zero attached hydrogens (tertiary/aromatic N) is 2. The summed E-state index contributed by atoms with van der Waals surface area (Å²) in [4.78, 5) is 14.1. The van der Waals surface area contributed by atoms with Crippen molar-refractivity contribution in [3.05, 3.63) is 11.7 Å². The van der Waals surface area contributed by atoms with E-state index in [1.807, 2.05) is 0 Å². The Labute approximate surface area is 74.5 Å². The fourth-order valence-corrected chi connectivity index (χ4v) is 0.642. The van der Waals surface area contributed by atoms with Gasteiger partial charge in [-0.3, -0.25) is 0 Å². The maximum atomic E-state index is 10.4. The van der Waals surface area contributed by atoms with Crippen LogP contribution in [0.15, 0.2) is 4.52 Å². The Morgan fingerprint density at radius 3 is 2.62 bits per heavy atom. The molecule has 1 aromatic rings. The zero-order valence-corrected chi connectivity index (χ0v) is 7.57. The van der Waals surface area contributed by atoms with Crippen molar-refractivity contribution in [2.45, 2.75) is 19.4 Å². The summed E-state index contributed by atoms with van der Waals surface area (Å²) in [5.41, 5.74) is -0.763. The summed E-state index contributed by atoms with van der Waals surface area (Å²) in [5, 5.41) is 11.8. The molecule has 0 saturated carbocycles. The molecule has 1 N–H and O–H groups in total. The molecule has 1 heterocycles. The topological polar surface area (TPSA) is 85.5 Å². The minimum atomic E-state index is -1.22. The van der Waals surface area contributed by atoms with Crippen molar-refractivity contribution in [2.24, 2.45) is 0 Å². The van der Waals surface area contributed by atoms with Gasteiger partial charge in [0, 0.05) is 7.11 Å². The van der Waals surface area contributed by atoms with Gasteiger partial charge >= 0.3 is 5.97 Å². The third-order valence-corrected chi connectivity index (χ3v) is 1.64. The number of hydrogen-bond acceptors (Lipinski definition) is 5. The van der Waals surface area contributed by atoms with Gasteiger partial charge in [-0.1, -0.05) is 0 Å². The molecule has 0 amide bonds. The standard InChI is InChI=1S/C7H10N2O4/c1-7(2,12-3)6-8-4(5(10)11)9-13-6/h1-3H3,(H,10,11). The highest BCUT2D eigenvalue weighted by molar-refractivity contribution is 5.82. The molecule has 0 aliphatic carbocycles. The monoisotopic (exact) mass is 186 g/mol. The van der Waals surface area contributed by atoms with Crippen LogP contribution < -0.4 is 0 Å². The van der Waals surface area contributed by atoms with Crippen LogP contribution in [0.3, 0.4) is 0 Å². The summed E-state index contributed by atoms with van der Waals surface area (Å²) in [7, 11) is 1.48. The van der Waals surface area contributed by atoms with Gasteiger partial charge in [0.05, 0.1) is 0 Å². The Balaban J connectivity index is 2.98. The second-order valence-corrected chi connectivity index (χ2v) is 2.94. The number of aromatic carboxylic acids is 1. The second kappa shape index (κ2) is 3.14. The van der Waals surface area contributed by atoms with Crippen LogP contribution in [-0.4, -0.2) is 28.3 Å². The molecule has 0 aromatic carbocycles. The SMILES string of the molecule is COC(C)(C)c1nc(C(=O)O)no1. The van der Waals surface area contributed by atoms with Crippen LogP contribution in [0.2, 0.25) is 0 Å². The van der Waals surface area contributed by atoms with Crippen LogP contribution in [0.4, 0.5) is 0 Å². The normalized spacial score (nSPS) is 11.6. The highest BCUT2D eigenvalue weighted by Crippen LogP contribution is 2.21. The first-order valence-corrected chi connectivity index (χ1v) is 3.60. The van der Waals surface area contributed by atoms with E-state index in [-0.39, 0.29) is 11.7 Å². The van der Waals surface area contributed by atoms with Crippen LogP contribution in [0.25, 0.3) is 0 Å². The molecule has 0 fully saturated rings. The smallest absolute Gasteiger partial charge is 0.377 e. The molecule has 6 heteroatoms. The van der Waals surface area contributed by atoms with Gasteiger partial charge in [-0.2, -0.15) is 4.98 Å². The van der Waals surface area contributed by atoms with Crippen molar-refractivity contribution in [3.63, 3.8) is 0 Å². The third-order valence-electron chi connectivity index (χ3n) is 1.64. The second-order valence-electron chi connectivity index (χ2n) is 2.94. The predicted octanol–water partition coefficient (Wildman–Crippen LogP) is 0.649. The molecule has 0 unspecified atom stereocenters. The molecule has 0 atom stereocenters. The summed E-state index contributed by atoms with van der Waals surface area (Å²) in [5.74, 6) is -1.44. The molecule has 0 aliphatic rings. The minimum absolute atomic E-state index is 0.146. The van der Waals surface area contributed by atoms with Gasteiger partial charge in [-0.25, -0.2) is 4.79 Å². The molecule has 0 radical (unpaired) electrons. The number of carboxylic acid groups (broad SMARTS) is 1. The van der Waals surface area contributed by atoms with Crippen molar-refractivity contribution < 1.29 is 19.2 Å². The minimum Gasteiger partial charge on any atom is -0.475 e. The molecule has 13 heavy (non-hydrogen) atoms. The van der Waals surface area contributed by atoms with Gasteiger partial charge in [0.15, 0.2) is 0 Å². The average molecular weight is 186 g/mol. The van der Waals surface area contributed by atoms with E-state index in [0.29, 0.717) is 0 Å². The Bertz CT molecular complexity index is 318. The van der Waals surface area contributed by atoms with Gasteiger partial charge in [0.25, 0.3) is 11.7 Å². The number of aromatic nitrogens is 2. The number of carboxylic acids is 1. The van der Waals surface area contributed by atoms with Crippen molar-refractivity contribution in [2.75, 3.05) is 7.11 Å². The molecule has 0 bridgehead atoms. The zero-order chi connectivity index (χ0) is 10.1. The van der Waals surface area contributed by atoms with E-state index in [1.165, 1.54) is 7.11 Å². The van der Waals surface area contributed by atoms with Gasteiger partial charge in [-0.05, 0) is 19.0 Å². The van der Waals surface area contributed by atoms with Crippen molar-refractivity contribution in [3.8, 4) is 0 Å². The summed E-state index contributed by atoms with van der Waals surface area (Å²) >= 11 is 0. The maximum Gasteiger partial charge on any atom is 0.377 e. The largest absolute Gasteiger partial charge is 0.475 e. The quantitative estimate of drug-likeness (QED) is 0.745. The van der Waals surface area contributed by atoms with E-state index < -0.39 is 11.6 Å². The molecule has 72 valence electrons. The third kappa shape index (κ3) is 1.83. The lowest BCUT2D eigenvalue weighted by Crippen LogP contribution is -2.20. The number of carbonyl (C=O) groups is 1. The van der Waals surface area contributed by atoms with Crippen molar-refractivity contribution >= 4 is 5.97 Å². The van der Waals surface area contributed by atoms with Gasteiger partial charge in [0.1, 0.15) is 5.60 Å². The molecular formula is C7H10N2O4. The number of ether oxygens (including phenoxy) is 1. The molecule has 0 saturated heterocycles. The van der Waals surface area contributed by atoms with Gasteiger partial charge < -0.3 is 14.4 Å². The lowest BCUT2D eigenvalue weighted by molar-refractivity contribution is -0.00787. The average Bonchev–Trinajstić information content (AvgIpc) is 2.52. The summed E-state index contributed by atoms with van der Waals surface area (Å²) in [6, 6.07) is 0. The van der Waals surface area contributed by atoms with E-state index in [0.717, 1.165) is 0 Å². The Morgan fingerprint density at radius 2 is 2.23 bits per heavy atom. The molecular weight excluding hydrogens is 176 g/mol. The molecule has 1 rings (SSSR count). The first kappa shape index (κ1) is 9.66. The molecule has 1 aromatic heterocycles. The van der Waals surface area contributed by atoms with Crippen LogP contribution in [0.5, 0.6) is 0 Å². The fraction of sp³-hybridized carbons (Fsp3) is 0.571. The van der Waals surface area contributed by atoms with E-state index >= 15 is 0 Å². The highest BCUT2D eigenvalue weighted by atomic mass is 16.5. The van der Waals surface area contributed by atoms with Crippen LogP contribution in [-0.2, 0) is 10.3 Å². The summed E-state index contributed by atoms with van der Waals surface area (Å²) in [6.07, 6.45) is 0. The highest BCUT2D eigenvalue weighted by Gasteiger charge is 2.28. The Hall–Kier alpha value is -1.43. The van der Waals surface area contributed by atoms with E-state index in [4.69, 9.17) is 14.4 Å². The van der Waals surface area contributed by atoms with E-state index in [2.05, 4.69) is 10.1 Å². The number of rotatable bonds is 3. The molecule has 6 nitrogen and oxygen atoms in total. The lowest BCUT2D eigenvalue weighted by Gasteiger charge is -2.16. The summed E-state index contributed by atoms with van der Waals surface area (Å²) < 4.78 is 9.74. The Kier molecular flexibility index (Phi) is 2.33. The first-order valence-electron chi connectivity index (χ1n) is 3.60. The number of methoxy groups -OCH3 is 1. The lowest BCUT2D eigenvalue weighted by atomic mass is 10.1. The van der Waals surface area contributed by atoms with E-state index in [1.54, 1.807) is 13.8 Å². The zero-order valence-electron chi connectivity index (χ0n) is 7.57. The molecule has 0 spiro atoms. The van der Waals surface area contributed by atoms with Gasteiger partial charge in [-0.15, -0.1) is 0 Å². The van der Waals surface area contributed by atoms with Crippen molar-refractivity contribution in [1.29, 1.82) is 0 Å². The van der Waals surface area contributed by atoms with Crippen molar-refractivity contribution in [1.82, 2.24) is 10.1 Å². The fourth-order valence-electron chi connectivity index (χ4n) is 0.642. The number of hydrogen-bond donors (Lipinski definition) is 1. The summed E-state index contributed by atoms with van der Waals surface area (Å²) in [6.45, 7) is 3.40. The van der Waals surface area contributed by atoms with Crippen LogP contribution in [0, 0.1) is 0 Å². The predicted molar refractivity (Wildman–Crippen MR) is 41.3 cm³/mol. The van der Waals surface area contributed by atoms with Crippen LogP contribution in [0.1, 0.15) is 30.4 Å². The molecule has 0 aliphatic heterocycles. The van der Waals surface area contributed by atoms with Gasteiger partial charge in [0.2, 0.25) is 0 Å². The first-order chi connectivity index (χ1) is 5.97. The van der Waals surface area contributed by atoms with E-state index in [9.17, 15) is 4.79 Å².